The molecule has 9 N–H and O–H groups in total. The van der Waals surface area contributed by atoms with Gasteiger partial charge in [0.2, 0.25) is 23.6 Å². The molecule has 564 valence electrons. The average molecular weight is 1420 g/mol. The molecule has 0 saturated carbocycles. The molecule has 0 fully saturated rings. The Hall–Kier alpha value is -5.91. The first-order valence-corrected chi connectivity index (χ1v) is 39.8. The SMILES string of the molecule is CCCCCCCCCCCCCCCC(=O)OC[C@H](CSC[C@H](N)C(=O)N[C@H](CO)C(=O)NCCCOCCOCCOCCCNC(=O)CCCC(=O)NCc1ccc(Cn2c(CCCC)nc3c(N)nc4ccccc4c32)cc1)OC(=O)CCCCCCCCCCCCCCC. The Bertz CT molecular complexity index is 2840. The van der Waals surface area contributed by atoms with E-state index in [4.69, 9.17) is 40.1 Å². The number of thioether (sulfide) groups is 1. The standard InChI is InChI=1S/C78H129N9O12S/c1-4-7-10-12-14-16-18-20-22-24-26-28-30-42-72(91)98-59-64(99-73(92)43-31-29-27-25-23-21-19-17-15-13-11-8-5-2)60-100-61-66(79)77(93)85-68(58-88)78(94)82-49-36-51-96-53-55-97-54-52-95-50-35-48-81-70(89)40-34-41-71(90)83-56-62-44-46-63(47-45-62)57-87-69(39-9-6-3)86-74-75(87)65-37-32-33-38-67(65)84-76(74)80/h32-33,37-38,44-47,64,66,68,88H,4-31,34-36,39-43,48-61,79H2,1-3H3,(H2,80,84)(H,81,89)(H,82,94)(H,83,90)(H,85,93)/t64-,66+,68-/m1/s1. The number of aryl methyl sites for hydroxylation is 1. The van der Waals surface area contributed by atoms with Crippen LogP contribution >= 0.6 is 11.8 Å². The zero-order valence-electron chi connectivity index (χ0n) is 61.5. The fourth-order valence-corrected chi connectivity index (χ4v) is 12.8. The summed E-state index contributed by atoms with van der Waals surface area (Å²) in [6, 6.07) is 14.0. The monoisotopic (exact) mass is 1420 g/mol. The van der Waals surface area contributed by atoms with E-state index in [0.717, 1.165) is 103 Å². The number of amides is 4. The topological polar surface area (TPSA) is 300 Å². The minimum atomic E-state index is -1.21. The van der Waals surface area contributed by atoms with Gasteiger partial charge in [0, 0.05) is 88.4 Å². The number of imidazole rings is 1. The molecular weight excluding hydrogens is 1290 g/mol. The Morgan fingerprint density at radius 2 is 1.03 bits per heavy atom. The third-order valence-electron chi connectivity index (χ3n) is 17.9. The van der Waals surface area contributed by atoms with Crippen LogP contribution in [0.1, 0.15) is 262 Å². The number of pyridine rings is 1. The van der Waals surface area contributed by atoms with E-state index in [2.05, 4.69) is 69.8 Å². The molecular formula is C78H129N9O12S. The van der Waals surface area contributed by atoms with Gasteiger partial charge in [-0.1, -0.05) is 224 Å². The number of nitrogens with zero attached hydrogens (tertiary/aromatic N) is 3. The largest absolute Gasteiger partial charge is 0.462 e. The highest BCUT2D eigenvalue weighted by Crippen LogP contribution is 2.30. The number of nitrogens with one attached hydrogen (secondary N) is 4. The second-order valence-corrected chi connectivity index (χ2v) is 27.8. The predicted molar refractivity (Wildman–Crippen MR) is 403 cm³/mol. The highest BCUT2D eigenvalue weighted by atomic mass is 32.2. The normalized spacial score (nSPS) is 12.4. The van der Waals surface area contributed by atoms with Crippen molar-refractivity contribution < 1.29 is 57.6 Å². The molecule has 2 heterocycles. The second-order valence-electron chi connectivity index (χ2n) is 26.7. The number of aliphatic hydroxyl groups is 1. The van der Waals surface area contributed by atoms with Crippen LogP contribution in [0.15, 0.2) is 48.5 Å². The maximum atomic E-state index is 13.1. The van der Waals surface area contributed by atoms with Gasteiger partial charge in [0.1, 0.15) is 30.1 Å². The Balaban J connectivity index is 0.988. The Morgan fingerprint density at radius 3 is 1.59 bits per heavy atom. The van der Waals surface area contributed by atoms with Crippen molar-refractivity contribution in [2.45, 2.75) is 283 Å². The molecule has 0 unspecified atom stereocenters. The summed E-state index contributed by atoms with van der Waals surface area (Å²) >= 11 is 1.29. The van der Waals surface area contributed by atoms with Crippen molar-refractivity contribution in [2.24, 2.45) is 5.73 Å². The number of unbranched alkanes of at least 4 members (excludes halogenated alkanes) is 25. The molecule has 0 radical (unpaired) electrons. The molecule has 4 aromatic rings. The second kappa shape index (κ2) is 56.6. The molecule has 2 aromatic heterocycles. The highest BCUT2D eigenvalue weighted by molar-refractivity contribution is 7.99. The van der Waals surface area contributed by atoms with Crippen LogP contribution in [0.25, 0.3) is 21.9 Å². The number of aliphatic hydroxyl groups excluding tert-OH is 1. The van der Waals surface area contributed by atoms with Gasteiger partial charge in [0.05, 0.1) is 50.1 Å². The molecule has 0 bridgehead atoms. The van der Waals surface area contributed by atoms with E-state index >= 15 is 0 Å². The highest BCUT2D eigenvalue weighted by Gasteiger charge is 2.25. The van der Waals surface area contributed by atoms with Gasteiger partial charge in [-0.3, -0.25) is 28.8 Å². The molecule has 0 aliphatic carbocycles. The number of anilines is 1. The predicted octanol–water partition coefficient (Wildman–Crippen LogP) is 13.4. The number of ether oxygens (including phenoxy) is 5. The molecule has 0 aliphatic rings. The van der Waals surface area contributed by atoms with E-state index in [1.54, 1.807) is 0 Å². The maximum absolute atomic E-state index is 13.1. The third-order valence-corrected chi connectivity index (χ3v) is 19.1. The van der Waals surface area contributed by atoms with Gasteiger partial charge in [-0.25, -0.2) is 9.97 Å². The number of hydrogen-bond donors (Lipinski definition) is 7. The van der Waals surface area contributed by atoms with E-state index in [1.807, 2.05) is 30.3 Å². The number of para-hydroxylation sites is 1. The van der Waals surface area contributed by atoms with Gasteiger partial charge in [-0.05, 0) is 55.7 Å². The molecule has 4 rings (SSSR count). The first-order valence-electron chi connectivity index (χ1n) is 38.6. The van der Waals surface area contributed by atoms with Gasteiger partial charge in [0.25, 0.3) is 0 Å². The van der Waals surface area contributed by atoms with Crippen LogP contribution in [0.3, 0.4) is 0 Å². The molecule has 0 aliphatic heterocycles. The quantitative estimate of drug-likeness (QED) is 0.0160. The van der Waals surface area contributed by atoms with E-state index in [0.29, 0.717) is 90.8 Å². The van der Waals surface area contributed by atoms with Crippen molar-refractivity contribution in [1.82, 2.24) is 35.8 Å². The number of hydrogen-bond acceptors (Lipinski definition) is 17. The number of carbonyl (C=O) groups is 6. The number of nitrogens with two attached hydrogens (primary N) is 2. The fraction of sp³-hybridized carbons (Fsp3) is 0.718. The zero-order valence-corrected chi connectivity index (χ0v) is 62.4. The van der Waals surface area contributed by atoms with Crippen molar-refractivity contribution in [3.05, 3.63) is 65.5 Å². The molecule has 0 saturated heterocycles. The van der Waals surface area contributed by atoms with Crippen molar-refractivity contribution >= 4 is 75.1 Å². The Morgan fingerprint density at radius 1 is 0.530 bits per heavy atom. The van der Waals surface area contributed by atoms with Crippen LogP contribution in [-0.4, -0.2) is 151 Å². The zero-order chi connectivity index (χ0) is 71.9. The maximum Gasteiger partial charge on any atom is 0.306 e. The van der Waals surface area contributed by atoms with E-state index in [9.17, 15) is 33.9 Å². The summed E-state index contributed by atoms with van der Waals surface area (Å²) in [6.07, 6.45) is 36.3. The number of nitrogen functional groups attached to an aromatic ring is 1. The first-order chi connectivity index (χ1) is 48.9. The van der Waals surface area contributed by atoms with Gasteiger partial charge in [-0.15, -0.1) is 0 Å². The van der Waals surface area contributed by atoms with E-state index < -0.39 is 36.6 Å². The minimum Gasteiger partial charge on any atom is -0.462 e. The van der Waals surface area contributed by atoms with Gasteiger partial charge >= 0.3 is 11.9 Å². The summed E-state index contributed by atoms with van der Waals surface area (Å²) in [7, 11) is 0. The smallest absolute Gasteiger partial charge is 0.306 e. The number of rotatable bonds is 64. The lowest BCUT2D eigenvalue weighted by Crippen LogP contribution is -2.54. The van der Waals surface area contributed by atoms with Crippen molar-refractivity contribution in [3.63, 3.8) is 0 Å². The van der Waals surface area contributed by atoms with Gasteiger partial charge in [-0.2, -0.15) is 11.8 Å². The summed E-state index contributed by atoms with van der Waals surface area (Å²) in [5.74, 6) is -0.244. The van der Waals surface area contributed by atoms with Crippen LogP contribution < -0.4 is 32.7 Å². The number of esters is 2. The average Bonchev–Trinajstić information content (AvgIpc) is 1.39. The van der Waals surface area contributed by atoms with Crippen LogP contribution in [0.2, 0.25) is 0 Å². The Kier molecular flexibility index (Phi) is 49.0. The van der Waals surface area contributed by atoms with Crippen LogP contribution in [0, 0.1) is 0 Å². The number of aromatic nitrogens is 3. The van der Waals surface area contributed by atoms with Crippen LogP contribution in [-0.2, 0) is 72.0 Å². The molecule has 4 amide bonds. The molecule has 2 aromatic carbocycles. The third kappa shape index (κ3) is 39.5. The Labute approximate surface area is 603 Å². The summed E-state index contributed by atoms with van der Waals surface area (Å²) in [6.45, 7) is 9.94. The van der Waals surface area contributed by atoms with Crippen molar-refractivity contribution in [3.8, 4) is 0 Å². The summed E-state index contributed by atoms with van der Waals surface area (Å²) < 4.78 is 30.6. The lowest BCUT2D eigenvalue weighted by atomic mass is 10.0. The van der Waals surface area contributed by atoms with Gasteiger partial charge < -0.3 is 66.1 Å². The van der Waals surface area contributed by atoms with Crippen LogP contribution in [0.5, 0.6) is 0 Å². The molecule has 0 spiro atoms. The van der Waals surface area contributed by atoms with Crippen LogP contribution in [0.4, 0.5) is 5.82 Å². The number of benzene rings is 2. The number of carbonyl (C=O) groups excluding carboxylic acids is 6. The van der Waals surface area contributed by atoms with E-state index in [1.165, 1.54) is 134 Å². The lowest BCUT2D eigenvalue weighted by Gasteiger charge is -2.20. The van der Waals surface area contributed by atoms with Gasteiger partial charge in [0.15, 0.2) is 5.82 Å². The molecule has 21 nitrogen and oxygen atoms in total. The molecule has 100 heavy (non-hydrogen) atoms. The molecule has 3 atom stereocenters. The summed E-state index contributed by atoms with van der Waals surface area (Å²) in [5, 5.41) is 22.1. The van der Waals surface area contributed by atoms with Crippen molar-refractivity contribution in [1.29, 1.82) is 0 Å². The van der Waals surface area contributed by atoms with Crippen molar-refractivity contribution in [2.75, 3.05) is 83.2 Å². The summed E-state index contributed by atoms with van der Waals surface area (Å²) in [4.78, 5) is 86.4. The first kappa shape index (κ1) is 86.5. The number of fused-ring (bicyclic) bond motifs is 3. The minimum absolute atomic E-state index is 0.0824. The summed E-state index contributed by atoms with van der Waals surface area (Å²) in [5.41, 5.74) is 17.3. The fourth-order valence-electron chi connectivity index (χ4n) is 11.9. The van der Waals surface area contributed by atoms with E-state index in [-0.39, 0.29) is 67.7 Å². The lowest BCUT2D eigenvalue weighted by molar-refractivity contribution is -0.157. The molecule has 22 heteroatoms.